The minimum absolute atomic E-state index is 0.0578. The number of hydrogen-bond acceptors (Lipinski definition) is 7. The van der Waals surface area contributed by atoms with Crippen LogP contribution in [0.15, 0.2) is 18.2 Å². The van der Waals surface area contributed by atoms with Gasteiger partial charge in [-0.05, 0) is 13.0 Å². The fraction of sp³-hybridized carbons (Fsp3) is 0.429. The summed E-state index contributed by atoms with van der Waals surface area (Å²) in [6.45, 7) is 1.83. The van der Waals surface area contributed by atoms with Gasteiger partial charge in [-0.1, -0.05) is 6.07 Å². The highest BCUT2D eigenvalue weighted by atomic mass is 16.7. The largest absolute Gasteiger partial charge is 0.465 e. The number of benzene rings is 1. The summed E-state index contributed by atoms with van der Waals surface area (Å²) in [5, 5.41) is 10.7. The summed E-state index contributed by atoms with van der Waals surface area (Å²) in [6, 6.07) is 3.86. The molecule has 0 radical (unpaired) electrons. The van der Waals surface area contributed by atoms with Crippen molar-refractivity contribution in [1.82, 2.24) is 0 Å². The molecule has 22 heavy (non-hydrogen) atoms. The number of nitrogens with zero attached hydrogens (tertiary/aromatic N) is 1. The minimum atomic E-state index is -0.652. The van der Waals surface area contributed by atoms with Crippen molar-refractivity contribution >= 4 is 17.9 Å². The average Bonchev–Trinajstić information content (AvgIpc) is 2.54. The van der Waals surface area contributed by atoms with E-state index in [1.54, 1.807) is 14.2 Å². The third kappa shape index (κ3) is 6.42. The van der Waals surface area contributed by atoms with Crippen LogP contribution in [0.25, 0.3) is 0 Å². The number of nitro groups is 1. The van der Waals surface area contributed by atoms with E-state index in [0.29, 0.717) is 6.29 Å². The molecule has 0 amide bonds. The van der Waals surface area contributed by atoms with Crippen LogP contribution < -0.4 is 0 Å². The second kappa shape index (κ2) is 10.4. The van der Waals surface area contributed by atoms with Crippen LogP contribution in [-0.2, 0) is 25.4 Å². The highest BCUT2D eigenvalue weighted by molar-refractivity contribution is 5.90. The van der Waals surface area contributed by atoms with Gasteiger partial charge >= 0.3 is 5.97 Å². The Balaban J connectivity index is 0.000000626. The fourth-order valence-electron chi connectivity index (χ4n) is 1.34. The first-order valence-electron chi connectivity index (χ1n) is 6.26. The van der Waals surface area contributed by atoms with Gasteiger partial charge in [0.25, 0.3) is 5.69 Å². The van der Waals surface area contributed by atoms with Crippen molar-refractivity contribution in [3.63, 3.8) is 0 Å². The van der Waals surface area contributed by atoms with Gasteiger partial charge in [0, 0.05) is 32.3 Å². The zero-order valence-electron chi connectivity index (χ0n) is 12.9. The fourth-order valence-corrected chi connectivity index (χ4v) is 1.34. The second-order valence-electron chi connectivity index (χ2n) is 4.00. The van der Waals surface area contributed by atoms with Crippen LogP contribution >= 0.6 is 0 Å². The standard InChI is InChI=1S/C10H9NO5.C4H10O2/c1-16-10(13)8-3-2-7(4-5-12)9(6-8)11(14)15;1-4(5-2)6-3/h2-3,5-6H,4H2,1H3;4H,1-3H3. The van der Waals surface area contributed by atoms with Crippen LogP contribution in [0.5, 0.6) is 0 Å². The van der Waals surface area contributed by atoms with Crippen molar-refractivity contribution in [2.45, 2.75) is 19.6 Å². The van der Waals surface area contributed by atoms with E-state index in [4.69, 9.17) is 0 Å². The van der Waals surface area contributed by atoms with E-state index in [0.717, 1.165) is 6.07 Å². The molecule has 0 aliphatic carbocycles. The first kappa shape index (κ1) is 19.7. The molecule has 0 aromatic heterocycles. The SMILES string of the molecule is COC(=O)c1ccc(CC=O)c([N+](=O)[O-])c1.COC(C)OC. The molecule has 8 nitrogen and oxygen atoms in total. The van der Waals surface area contributed by atoms with Gasteiger partial charge in [-0.2, -0.15) is 0 Å². The van der Waals surface area contributed by atoms with E-state index in [2.05, 4.69) is 14.2 Å². The summed E-state index contributed by atoms with van der Waals surface area (Å²) >= 11 is 0. The quantitative estimate of drug-likeness (QED) is 0.259. The van der Waals surface area contributed by atoms with Crippen molar-refractivity contribution in [2.24, 2.45) is 0 Å². The lowest BCUT2D eigenvalue weighted by molar-refractivity contribution is -0.385. The molecule has 1 rings (SSSR count). The first-order chi connectivity index (χ1) is 10.4. The molecule has 0 unspecified atom stereocenters. The van der Waals surface area contributed by atoms with E-state index in [9.17, 15) is 19.7 Å². The number of carbonyl (C=O) groups is 2. The maximum absolute atomic E-state index is 11.1. The Morgan fingerprint density at radius 3 is 2.27 bits per heavy atom. The third-order valence-electron chi connectivity index (χ3n) is 2.67. The molecule has 0 saturated carbocycles. The van der Waals surface area contributed by atoms with Crippen LogP contribution in [0.3, 0.4) is 0 Å². The number of ether oxygens (including phenoxy) is 3. The number of rotatable bonds is 6. The van der Waals surface area contributed by atoms with Gasteiger partial charge < -0.3 is 19.0 Å². The molecular weight excluding hydrogens is 294 g/mol. The highest BCUT2D eigenvalue weighted by Gasteiger charge is 2.17. The summed E-state index contributed by atoms with van der Waals surface area (Å²) in [7, 11) is 4.40. The zero-order valence-corrected chi connectivity index (χ0v) is 12.9. The molecule has 1 aromatic rings. The second-order valence-corrected chi connectivity index (χ2v) is 4.00. The van der Waals surface area contributed by atoms with Crippen molar-refractivity contribution in [3.05, 3.63) is 39.4 Å². The normalized spacial score (nSPS) is 9.68. The van der Waals surface area contributed by atoms with Crippen molar-refractivity contribution < 1.29 is 28.7 Å². The Bertz CT molecular complexity index is 512. The lowest BCUT2D eigenvalue weighted by Crippen LogP contribution is -2.05. The van der Waals surface area contributed by atoms with E-state index < -0.39 is 10.9 Å². The summed E-state index contributed by atoms with van der Waals surface area (Å²) in [5.41, 5.74) is 0.103. The molecule has 0 N–H and O–H groups in total. The van der Waals surface area contributed by atoms with Crippen LogP contribution in [0.4, 0.5) is 5.69 Å². The van der Waals surface area contributed by atoms with Gasteiger partial charge in [-0.25, -0.2) is 4.79 Å². The predicted octanol–water partition coefficient (Wildman–Crippen LogP) is 1.75. The smallest absolute Gasteiger partial charge is 0.338 e. The van der Waals surface area contributed by atoms with E-state index in [1.807, 2.05) is 6.92 Å². The minimum Gasteiger partial charge on any atom is -0.465 e. The molecule has 8 heteroatoms. The monoisotopic (exact) mass is 313 g/mol. The van der Waals surface area contributed by atoms with Crippen molar-refractivity contribution in [2.75, 3.05) is 21.3 Å². The molecule has 0 aliphatic heterocycles. The van der Waals surface area contributed by atoms with E-state index >= 15 is 0 Å². The van der Waals surface area contributed by atoms with Gasteiger partial charge in [-0.15, -0.1) is 0 Å². The Labute approximate surface area is 128 Å². The zero-order chi connectivity index (χ0) is 17.1. The Hall–Kier alpha value is -2.32. The van der Waals surface area contributed by atoms with Crippen molar-refractivity contribution in [3.8, 4) is 0 Å². The Morgan fingerprint density at radius 2 is 1.91 bits per heavy atom. The topological polar surface area (TPSA) is 105 Å². The van der Waals surface area contributed by atoms with Gasteiger partial charge in [0.2, 0.25) is 0 Å². The van der Waals surface area contributed by atoms with Gasteiger partial charge in [0.05, 0.1) is 17.6 Å². The molecule has 0 saturated heterocycles. The molecule has 1 aromatic carbocycles. The molecule has 0 heterocycles. The number of methoxy groups -OCH3 is 3. The molecular formula is C14H19NO7. The summed E-state index contributed by atoms with van der Waals surface area (Å²) < 4.78 is 13.8. The van der Waals surface area contributed by atoms with E-state index in [-0.39, 0.29) is 29.5 Å². The first-order valence-corrected chi connectivity index (χ1v) is 6.26. The average molecular weight is 313 g/mol. The third-order valence-corrected chi connectivity index (χ3v) is 2.67. The van der Waals surface area contributed by atoms with Gasteiger partial charge in [0.15, 0.2) is 6.29 Å². The maximum atomic E-state index is 11.1. The predicted molar refractivity (Wildman–Crippen MR) is 77.7 cm³/mol. The lowest BCUT2D eigenvalue weighted by atomic mass is 10.1. The number of esters is 1. The molecule has 0 bridgehead atoms. The van der Waals surface area contributed by atoms with Crippen molar-refractivity contribution in [1.29, 1.82) is 0 Å². The molecule has 122 valence electrons. The van der Waals surface area contributed by atoms with Gasteiger partial charge in [0.1, 0.15) is 6.29 Å². The number of carbonyl (C=O) groups excluding carboxylic acids is 2. The number of aldehydes is 1. The van der Waals surface area contributed by atoms with Crippen LogP contribution in [0.1, 0.15) is 22.8 Å². The van der Waals surface area contributed by atoms with Gasteiger partial charge in [-0.3, -0.25) is 10.1 Å². The van der Waals surface area contributed by atoms with E-state index in [1.165, 1.54) is 19.2 Å². The molecule has 0 fully saturated rings. The molecule has 0 aliphatic rings. The Kier molecular flexibility index (Phi) is 9.31. The number of hydrogen-bond donors (Lipinski definition) is 0. The molecule has 0 atom stereocenters. The molecule has 0 spiro atoms. The summed E-state index contributed by atoms with van der Waals surface area (Å²) in [4.78, 5) is 31.5. The summed E-state index contributed by atoms with van der Waals surface area (Å²) in [6.07, 6.45) is 0.447. The maximum Gasteiger partial charge on any atom is 0.338 e. The van der Waals surface area contributed by atoms with Crippen LogP contribution in [0.2, 0.25) is 0 Å². The highest BCUT2D eigenvalue weighted by Crippen LogP contribution is 2.20. The number of nitro benzene ring substituents is 1. The summed E-state index contributed by atoms with van der Waals surface area (Å²) in [5.74, 6) is -0.652. The lowest BCUT2D eigenvalue weighted by Gasteiger charge is -2.03. The Morgan fingerprint density at radius 1 is 1.32 bits per heavy atom. The van der Waals surface area contributed by atoms with Crippen LogP contribution in [0, 0.1) is 10.1 Å². The van der Waals surface area contributed by atoms with Crippen LogP contribution in [-0.4, -0.2) is 44.8 Å².